The topological polar surface area (TPSA) is 52.7 Å². The van der Waals surface area contributed by atoms with E-state index in [0.29, 0.717) is 6.54 Å². The lowest BCUT2D eigenvalue weighted by molar-refractivity contribution is -0.137. The van der Waals surface area contributed by atoms with Crippen LogP contribution in [-0.2, 0) is 9.59 Å². The highest BCUT2D eigenvalue weighted by atomic mass is 16.2. The number of hydrogen-bond acceptors (Lipinski definition) is 3. The van der Waals surface area contributed by atoms with Gasteiger partial charge in [-0.25, -0.2) is 0 Å². The van der Waals surface area contributed by atoms with Gasteiger partial charge in [-0.2, -0.15) is 0 Å². The molecule has 0 unspecified atom stereocenters. The van der Waals surface area contributed by atoms with E-state index >= 15 is 0 Å². The molecule has 96 valence electrons. The Hall–Kier alpha value is -1.36. The van der Waals surface area contributed by atoms with Crippen molar-refractivity contribution in [1.29, 1.82) is 0 Å². The molecular weight excluding hydrogens is 218 g/mol. The summed E-state index contributed by atoms with van der Waals surface area (Å²) in [5.74, 6) is -0.310. The zero-order valence-corrected chi connectivity index (χ0v) is 10.4. The largest absolute Gasteiger partial charge is 0.352 e. The SMILES string of the molecule is C=CCNC(=O)CC(=O)N1CCN(CC)CC1. The molecule has 1 N–H and O–H groups in total. The maximum absolute atomic E-state index is 11.8. The van der Waals surface area contributed by atoms with Crippen LogP contribution in [-0.4, -0.2) is 60.9 Å². The average molecular weight is 239 g/mol. The summed E-state index contributed by atoms with van der Waals surface area (Å²) in [5, 5.41) is 2.61. The zero-order chi connectivity index (χ0) is 12.7. The highest BCUT2D eigenvalue weighted by molar-refractivity contribution is 5.96. The molecule has 5 nitrogen and oxygen atoms in total. The third-order valence-corrected chi connectivity index (χ3v) is 2.93. The molecular formula is C12H21N3O2. The Morgan fingerprint density at radius 1 is 1.29 bits per heavy atom. The highest BCUT2D eigenvalue weighted by Gasteiger charge is 2.21. The summed E-state index contributed by atoms with van der Waals surface area (Å²) < 4.78 is 0. The van der Waals surface area contributed by atoms with Gasteiger partial charge in [-0.15, -0.1) is 6.58 Å². The van der Waals surface area contributed by atoms with E-state index < -0.39 is 0 Å². The molecule has 0 aliphatic carbocycles. The summed E-state index contributed by atoms with van der Waals surface area (Å²) >= 11 is 0. The predicted molar refractivity (Wildman–Crippen MR) is 66.5 cm³/mol. The number of carbonyl (C=O) groups is 2. The second-order valence-corrected chi connectivity index (χ2v) is 4.08. The Morgan fingerprint density at radius 3 is 2.47 bits per heavy atom. The van der Waals surface area contributed by atoms with E-state index in [4.69, 9.17) is 0 Å². The molecule has 0 saturated carbocycles. The van der Waals surface area contributed by atoms with Gasteiger partial charge in [-0.1, -0.05) is 13.0 Å². The van der Waals surface area contributed by atoms with Gasteiger partial charge in [-0.05, 0) is 6.54 Å². The molecule has 1 saturated heterocycles. The van der Waals surface area contributed by atoms with E-state index in [9.17, 15) is 9.59 Å². The van der Waals surface area contributed by atoms with Crippen LogP contribution in [0.1, 0.15) is 13.3 Å². The molecule has 1 fully saturated rings. The molecule has 5 heteroatoms. The number of hydrogen-bond donors (Lipinski definition) is 1. The number of amides is 2. The molecule has 0 spiro atoms. The Bertz CT molecular complexity index is 283. The Morgan fingerprint density at radius 2 is 1.94 bits per heavy atom. The predicted octanol–water partition coefficient (Wildman–Crippen LogP) is -0.157. The van der Waals surface area contributed by atoms with Crippen molar-refractivity contribution in [2.75, 3.05) is 39.3 Å². The van der Waals surface area contributed by atoms with Crippen LogP contribution >= 0.6 is 0 Å². The molecule has 2 amide bonds. The fraction of sp³-hybridized carbons (Fsp3) is 0.667. The van der Waals surface area contributed by atoms with E-state index in [1.54, 1.807) is 11.0 Å². The van der Waals surface area contributed by atoms with Crippen molar-refractivity contribution >= 4 is 11.8 Å². The van der Waals surface area contributed by atoms with Crippen molar-refractivity contribution in [2.45, 2.75) is 13.3 Å². The van der Waals surface area contributed by atoms with Crippen LogP contribution in [0.25, 0.3) is 0 Å². The van der Waals surface area contributed by atoms with E-state index in [1.807, 2.05) is 0 Å². The zero-order valence-electron chi connectivity index (χ0n) is 10.4. The lowest BCUT2D eigenvalue weighted by atomic mass is 10.2. The van der Waals surface area contributed by atoms with Crippen molar-refractivity contribution < 1.29 is 9.59 Å². The molecule has 0 radical (unpaired) electrons. The molecule has 1 rings (SSSR count). The highest BCUT2D eigenvalue weighted by Crippen LogP contribution is 2.03. The van der Waals surface area contributed by atoms with Crippen LogP contribution in [0.4, 0.5) is 0 Å². The second-order valence-electron chi connectivity index (χ2n) is 4.08. The van der Waals surface area contributed by atoms with E-state index in [2.05, 4.69) is 23.7 Å². The molecule has 0 aromatic heterocycles. The minimum atomic E-state index is -0.229. The van der Waals surface area contributed by atoms with Gasteiger partial charge in [0.25, 0.3) is 0 Å². The van der Waals surface area contributed by atoms with Gasteiger partial charge in [0.15, 0.2) is 0 Å². The van der Waals surface area contributed by atoms with Crippen molar-refractivity contribution in [2.24, 2.45) is 0 Å². The molecule has 1 aliphatic heterocycles. The minimum Gasteiger partial charge on any atom is -0.352 e. The minimum absolute atomic E-state index is 0.0556. The summed E-state index contributed by atoms with van der Waals surface area (Å²) in [6.45, 7) is 10.3. The van der Waals surface area contributed by atoms with E-state index in [1.165, 1.54) is 0 Å². The summed E-state index contributed by atoms with van der Waals surface area (Å²) in [6, 6.07) is 0. The van der Waals surface area contributed by atoms with Gasteiger partial charge in [0.05, 0.1) is 0 Å². The lowest BCUT2D eigenvalue weighted by Crippen LogP contribution is -2.49. The van der Waals surface area contributed by atoms with Gasteiger partial charge in [0.2, 0.25) is 11.8 Å². The smallest absolute Gasteiger partial charge is 0.232 e. The number of likely N-dealkylation sites (N-methyl/N-ethyl adjacent to an activating group) is 1. The molecule has 0 atom stereocenters. The fourth-order valence-corrected chi connectivity index (χ4v) is 1.81. The summed E-state index contributed by atoms with van der Waals surface area (Å²) in [4.78, 5) is 27.2. The second kappa shape index (κ2) is 7.06. The molecule has 1 heterocycles. The van der Waals surface area contributed by atoms with Crippen LogP contribution < -0.4 is 5.32 Å². The fourth-order valence-electron chi connectivity index (χ4n) is 1.81. The average Bonchev–Trinajstić information content (AvgIpc) is 2.36. The summed E-state index contributed by atoms with van der Waals surface area (Å²) in [7, 11) is 0. The Balaban J connectivity index is 2.29. The number of nitrogens with zero attached hydrogens (tertiary/aromatic N) is 2. The molecule has 17 heavy (non-hydrogen) atoms. The molecule has 1 aliphatic rings. The molecule has 0 aromatic carbocycles. The molecule has 0 bridgehead atoms. The molecule has 0 aromatic rings. The number of nitrogens with one attached hydrogen (secondary N) is 1. The van der Waals surface area contributed by atoms with Crippen molar-refractivity contribution in [3.63, 3.8) is 0 Å². The quantitative estimate of drug-likeness (QED) is 0.536. The Kier molecular flexibility index (Phi) is 5.69. The first kappa shape index (κ1) is 13.7. The third-order valence-electron chi connectivity index (χ3n) is 2.93. The number of piperazine rings is 1. The van der Waals surface area contributed by atoms with Crippen LogP contribution in [0.2, 0.25) is 0 Å². The first-order valence-electron chi connectivity index (χ1n) is 6.05. The maximum atomic E-state index is 11.8. The van der Waals surface area contributed by atoms with Crippen molar-refractivity contribution in [3.05, 3.63) is 12.7 Å². The van der Waals surface area contributed by atoms with Crippen molar-refractivity contribution in [1.82, 2.24) is 15.1 Å². The first-order chi connectivity index (χ1) is 8.17. The van der Waals surface area contributed by atoms with Crippen LogP contribution in [0.15, 0.2) is 12.7 Å². The number of rotatable bonds is 5. The van der Waals surface area contributed by atoms with Crippen LogP contribution in [0.5, 0.6) is 0 Å². The van der Waals surface area contributed by atoms with Gasteiger partial charge >= 0.3 is 0 Å². The van der Waals surface area contributed by atoms with Gasteiger partial charge < -0.3 is 15.1 Å². The monoisotopic (exact) mass is 239 g/mol. The Labute approximate surface area is 102 Å². The van der Waals surface area contributed by atoms with Crippen LogP contribution in [0.3, 0.4) is 0 Å². The van der Waals surface area contributed by atoms with E-state index in [0.717, 1.165) is 32.7 Å². The van der Waals surface area contributed by atoms with Gasteiger partial charge in [-0.3, -0.25) is 9.59 Å². The summed E-state index contributed by atoms with van der Waals surface area (Å²) in [6.07, 6.45) is 1.54. The standard InChI is InChI=1S/C12H21N3O2/c1-3-5-13-11(16)10-12(17)15-8-6-14(4-2)7-9-15/h3H,1,4-10H2,2H3,(H,13,16). The van der Waals surface area contributed by atoms with Gasteiger partial charge in [0.1, 0.15) is 6.42 Å². The van der Waals surface area contributed by atoms with Crippen LogP contribution in [0, 0.1) is 0 Å². The lowest BCUT2D eigenvalue weighted by Gasteiger charge is -2.33. The summed E-state index contributed by atoms with van der Waals surface area (Å²) in [5.41, 5.74) is 0. The van der Waals surface area contributed by atoms with Gasteiger partial charge in [0, 0.05) is 32.7 Å². The maximum Gasteiger partial charge on any atom is 0.232 e. The third kappa shape index (κ3) is 4.56. The van der Waals surface area contributed by atoms with Crippen molar-refractivity contribution in [3.8, 4) is 0 Å². The number of carbonyl (C=O) groups excluding carboxylic acids is 2. The normalized spacial score (nSPS) is 16.6. The van der Waals surface area contributed by atoms with E-state index in [-0.39, 0.29) is 18.2 Å². The first-order valence-corrected chi connectivity index (χ1v) is 6.05.